The smallest absolute Gasteiger partial charge is 0.251 e. The standard InChI is InChI=1S/C18H20BrNO3/c1-12-10-16(22-2)17(23-3)11-14(12)8-9-20-18(21)13-4-6-15(19)7-5-13/h4-7,10-11H,8-9H2,1-3H3,(H,20,21). The lowest BCUT2D eigenvalue weighted by molar-refractivity contribution is 0.0954. The van der Waals surface area contributed by atoms with Crippen LogP contribution in [0.2, 0.25) is 0 Å². The second-order valence-corrected chi connectivity index (χ2v) is 6.06. The number of halogens is 1. The van der Waals surface area contributed by atoms with Gasteiger partial charge in [-0.05, 0) is 60.9 Å². The Kier molecular flexibility index (Phi) is 6.04. The SMILES string of the molecule is COc1cc(C)c(CCNC(=O)c2ccc(Br)cc2)cc1OC. The minimum Gasteiger partial charge on any atom is -0.493 e. The Morgan fingerprint density at radius 2 is 1.70 bits per heavy atom. The van der Waals surface area contributed by atoms with Gasteiger partial charge < -0.3 is 14.8 Å². The molecule has 0 aliphatic carbocycles. The summed E-state index contributed by atoms with van der Waals surface area (Å²) in [7, 11) is 3.24. The van der Waals surface area contributed by atoms with Crippen LogP contribution in [0.5, 0.6) is 11.5 Å². The van der Waals surface area contributed by atoms with E-state index in [0.29, 0.717) is 23.6 Å². The van der Waals surface area contributed by atoms with E-state index in [4.69, 9.17) is 9.47 Å². The van der Waals surface area contributed by atoms with Crippen LogP contribution in [0.15, 0.2) is 40.9 Å². The van der Waals surface area contributed by atoms with Crippen molar-refractivity contribution in [1.82, 2.24) is 5.32 Å². The van der Waals surface area contributed by atoms with Crippen LogP contribution in [0.1, 0.15) is 21.5 Å². The van der Waals surface area contributed by atoms with Crippen molar-refractivity contribution in [3.63, 3.8) is 0 Å². The van der Waals surface area contributed by atoms with Crippen LogP contribution < -0.4 is 14.8 Å². The maximum atomic E-state index is 12.1. The Labute approximate surface area is 144 Å². The number of carbonyl (C=O) groups is 1. The fourth-order valence-corrected chi connectivity index (χ4v) is 2.57. The molecule has 0 unspecified atom stereocenters. The van der Waals surface area contributed by atoms with Gasteiger partial charge in [0.05, 0.1) is 14.2 Å². The fourth-order valence-electron chi connectivity index (χ4n) is 2.31. The molecule has 4 nitrogen and oxygen atoms in total. The van der Waals surface area contributed by atoms with Gasteiger partial charge in [0.15, 0.2) is 11.5 Å². The molecular formula is C18H20BrNO3. The van der Waals surface area contributed by atoms with E-state index in [-0.39, 0.29) is 5.91 Å². The maximum absolute atomic E-state index is 12.1. The lowest BCUT2D eigenvalue weighted by atomic mass is 10.0. The zero-order chi connectivity index (χ0) is 16.8. The van der Waals surface area contributed by atoms with Crippen molar-refractivity contribution in [2.75, 3.05) is 20.8 Å². The van der Waals surface area contributed by atoms with Crippen molar-refractivity contribution in [2.24, 2.45) is 0 Å². The molecule has 0 atom stereocenters. The van der Waals surface area contributed by atoms with E-state index in [2.05, 4.69) is 21.2 Å². The number of carbonyl (C=O) groups excluding carboxylic acids is 1. The summed E-state index contributed by atoms with van der Waals surface area (Å²) in [6.07, 6.45) is 0.731. The van der Waals surface area contributed by atoms with Crippen molar-refractivity contribution in [2.45, 2.75) is 13.3 Å². The van der Waals surface area contributed by atoms with Crippen molar-refractivity contribution in [3.8, 4) is 11.5 Å². The quantitative estimate of drug-likeness (QED) is 0.833. The average molecular weight is 378 g/mol. The molecule has 0 radical (unpaired) electrons. The Hall–Kier alpha value is -2.01. The topological polar surface area (TPSA) is 47.6 Å². The van der Waals surface area contributed by atoms with Gasteiger partial charge in [-0.15, -0.1) is 0 Å². The van der Waals surface area contributed by atoms with E-state index in [9.17, 15) is 4.79 Å². The van der Waals surface area contributed by atoms with Crippen molar-refractivity contribution < 1.29 is 14.3 Å². The first-order chi connectivity index (χ1) is 11.0. The minimum atomic E-state index is -0.0735. The normalized spacial score (nSPS) is 10.3. The summed E-state index contributed by atoms with van der Waals surface area (Å²) in [5, 5.41) is 2.93. The number of aryl methyl sites for hydroxylation is 1. The number of hydrogen-bond donors (Lipinski definition) is 1. The first-order valence-corrected chi connectivity index (χ1v) is 8.09. The molecule has 0 aliphatic rings. The lowest BCUT2D eigenvalue weighted by Gasteiger charge is -2.13. The molecule has 1 amide bonds. The number of hydrogen-bond acceptors (Lipinski definition) is 3. The Bertz CT molecular complexity index is 683. The van der Waals surface area contributed by atoms with E-state index in [1.165, 1.54) is 0 Å². The number of methoxy groups -OCH3 is 2. The molecule has 0 saturated carbocycles. The molecule has 0 saturated heterocycles. The van der Waals surface area contributed by atoms with Gasteiger partial charge in [0, 0.05) is 16.6 Å². The minimum absolute atomic E-state index is 0.0735. The highest BCUT2D eigenvalue weighted by Gasteiger charge is 2.09. The molecule has 0 aromatic heterocycles. The van der Waals surface area contributed by atoms with Crippen molar-refractivity contribution in [1.29, 1.82) is 0 Å². The maximum Gasteiger partial charge on any atom is 0.251 e. The zero-order valence-electron chi connectivity index (χ0n) is 13.5. The number of benzene rings is 2. The van der Waals surface area contributed by atoms with Crippen LogP contribution in [0.4, 0.5) is 0 Å². The van der Waals surface area contributed by atoms with Crippen molar-refractivity contribution in [3.05, 3.63) is 57.6 Å². The Morgan fingerprint density at radius 1 is 1.09 bits per heavy atom. The van der Waals surface area contributed by atoms with E-state index < -0.39 is 0 Å². The van der Waals surface area contributed by atoms with Gasteiger partial charge >= 0.3 is 0 Å². The molecule has 2 rings (SSSR count). The Morgan fingerprint density at radius 3 is 2.30 bits per heavy atom. The molecule has 122 valence electrons. The monoisotopic (exact) mass is 377 g/mol. The summed E-state index contributed by atoms with van der Waals surface area (Å²) in [6.45, 7) is 2.58. The lowest BCUT2D eigenvalue weighted by Crippen LogP contribution is -2.25. The molecule has 1 N–H and O–H groups in total. The average Bonchev–Trinajstić information content (AvgIpc) is 2.56. The number of rotatable bonds is 6. The molecule has 5 heteroatoms. The first kappa shape index (κ1) is 17.3. The first-order valence-electron chi connectivity index (χ1n) is 7.30. The number of amides is 1. The van der Waals surface area contributed by atoms with E-state index >= 15 is 0 Å². The highest BCUT2D eigenvalue weighted by atomic mass is 79.9. The molecule has 0 bridgehead atoms. The van der Waals surface area contributed by atoms with E-state index in [1.54, 1.807) is 26.4 Å². The number of nitrogens with one attached hydrogen (secondary N) is 1. The summed E-state index contributed by atoms with van der Waals surface area (Å²) < 4.78 is 11.6. The third-order valence-corrected chi connectivity index (χ3v) is 4.16. The highest BCUT2D eigenvalue weighted by Crippen LogP contribution is 2.30. The van der Waals surface area contributed by atoms with Crippen LogP contribution in [-0.2, 0) is 6.42 Å². The van der Waals surface area contributed by atoms with Gasteiger partial charge in [-0.1, -0.05) is 15.9 Å². The van der Waals surface area contributed by atoms with Crippen LogP contribution in [0.3, 0.4) is 0 Å². The Balaban J connectivity index is 1.98. The van der Waals surface area contributed by atoms with Gasteiger partial charge in [-0.2, -0.15) is 0 Å². The molecule has 0 aliphatic heterocycles. The summed E-state index contributed by atoms with van der Waals surface area (Å²) >= 11 is 3.36. The number of ether oxygens (including phenoxy) is 2. The summed E-state index contributed by atoms with van der Waals surface area (Å²) in [5.74, 6) is 1.34. The molecule has 2 aromatic rings. The van der Waals surface area contributed by atoms with Gasteiger partial charge in [0.1, 0.15) is 0 Å². The van der Waals surface area contributed by atoms with Crippen molar-refractivity contribution >= 4 is 21.8 Å². The summed E-state index contributed by atoms with van der Waals surface area (Å²) in [4.78, 5) is 12.1. The molecular weight excluding hydrogens is 358 g/mol. The third kappa shape index (κ3) is 4.48. The van der Waals surface area contributed by atoms with Crippen LogP contribution in [0.25, 0.3) is 0 Å². The van der Waals surface area contributed by atoms with E-state index in [0.717, 1.165) is 22.0 Å². The molecule has 23 heavy (non-hydrogen) atoms. The van der Waals surface area contributed by atoms with Gasteiger partial charge in [0.2, 0.25) is 0 Å². The van der Waals surface area contributed by atoms with Gasteiger partial charge in [0.25, 0.3) is 5.91 Å². The second-order valence-electron chi connectivity index (χ2n) is 5.15. The van der Waals surface area contributed by atoms with Crippen LogP contribution >= 0.6 is 15.9 Å². The van der Waals surface area contributed by atoms with Gasteiger partial charge in [-0.3, -0.25) is 4.79 Å². The largest absolute Gasteiger partial charge is 0.493 e. The molecule has 0 heterocycles. The predicted octanol–water partition coefficient (Wildman–Crippen LogP) is 3.75. The molecule has 0 fully saturated rings. The molecule has 0 spiro atoms. The van der Waals surface area contributed by atoms with Crippen LogP contribution in [0, 0.1) is 6.92 Å². The van der Waals surface area contributed by atoms with E-state index in [1.807, 2.05) is 31.2 Å². The van der Waals surface area contributed by atoms with Gasteiger partial charge in [-0.25, -0.2) is 0 Å². The zero-order valence-corrected chi connectivity index (χ0v) is 15.1. The predicted molar refractivity (Wildman–Crippen MR) is 94.5 cm³/mol. The second kappa shape index (κ2) is 8.02. The highest BCUT2D eigenvalue weighted by molar-refractivity contribution is 9.10. The summed E-state index contributed by atoms with van der Waals surface area (Å²) in [6, 6.07) is 11.2. The molecule has 2 aromatic carbocycles. The van der Waals surface area contributed by atoms with Crippen LogP contribution in [-0.4, -0.2) is 26.7 Å². The third-order valence-electron chi connectivity index (χ3n) is 3.63. The summed E-state index contributed by atoms with van der Waals surface area (Å²) in [5.41, 5.74) is 2.89. The fraction of sp³-hybridized carbons (Fsp3) is 0.278.